The first-order valence-electron chi connectivity index (χ1n) is 9.44. The number of fused-ring (bicyclic) bond motifs is 2. The summed E-state index contributed by atoms with van der Waals surface area (Å²) < 4.78 is 21.1. The van der Waals surface area contributed by atoms with Crippen LogP contribution >= 0.6 is 12.2 Å². The predicted molar refractivity (Wildman–Crippen MR) is 106 cm³/mol. The van der Waals surface area contributed by atoms with E-state index >= 15 is 0 Å². The molecule has 2 aliphatic heterocycles. The Kier molecular flexibility index (Phi) is 4.75. The van der Waals surface area contributed by atoms with Gasteiger partial charge >= 0.3 is 0 Å². The maximum absolute atomic E-state index is 12.3. The van der Waals surface area contributed by atoms with Crippen LogP contribution in [0.15, 0.2) is 60.7 Å². The molecule has 3 atom stereocenters. The van der Waals surface area contributed by atoms with Crippen molar-refractivity contribution in [2.75, 3.05) is 6.61 Å². The molecule has 2 fully saturated rings. The van der Waals surface area contributed by atoms with Crippen molar-refractivity contribution in [3.63, 3.8) is 0 Å². The van der Waals surface area contributed by atoms with Crippen LogP contribution in [0, 0.1) is 4.77 Å². The Bertz CT molecular complexity index is 1080. The van der Waals surface area contributed by atoms with Crippen molar-refractivity contribution < 1.29 is 19.0 Å². The lowest BCUT2D eigenvalue weighted by atomic mass is 10.0. The summed E-state index contributed by atoms with van der Waals surface area (Å²) in [7, 11) is 0. The lowest BCUT2D eigenvalue weighted by Crippen LogP contribution is -2.37. The number of benzene rings is 2. The standard InChI is InChI=1S/C21H19N3O4S/c25-17-11-16(18-12-27-20(17)28-18)24-21(29)23(14-7-3-1-4-8-14)19(22-24)13-26-15-9-5-2-6-10-15/h1-10,16,18,20H,11-13H2/t16-,18+,20-/m0/s1. The van der Waals surface area contributed by atoms with Crippen LogP contribution in [-0.4, -0.2) is 39.1 Å². The van der Waals surface area contributed by atoms with Crippen LogP contribution in [0.5, 0.6) is 5.75 Å². The fraction of sp³-hybridized carbons (Fsp3) is 0.286. The molecule has 1 aromatic heterocycles. The maximum atomic E-state index is 12.3. The van der Waals surface area contributed by atoms with Crippen LogP contribution < -0.4 is 4.74 Å². The minimum absolute atomic E-state index is 0.0815. The highest BCUT2D eigenvalue weighted by Gasteiger charge is 2.45. The number of carbonyl (C=O) groups excluding carboxylic acids is 1. The van der Waals surface area contributed by atoms with Gasteiger partial charge in [0.1, 0.15) is 18.5 Å². The Morgan fingerprint density at radius 2 is 1.83 bits per heavy atom. The second-order valence-corrected chi connectivity index (χ2v) is 7.36. The molecule has 29 heavy (non-hydrogen) atoms. The molecule has 148 valence electrons. The lowest BCUT2D eigenvalue weighted by Gasteiger charge is -2.26. The summed E-state index contributed by atoms with van der Waals surface area (Å²) in [5, 5.41) is 4.74. The zero-order valence-electron chi connectivity index (χ0n) is 15.5. The second-order valence-electron chi connectivity index (χ2n) is 6.99. The van der Waals surface area contributed by atoms with E-state index in [-0.39, 0.29) is 31.0 Å². The predicted octanol–water partition coefficient (Wildman–Crippen LogP) is 3.24. The van der Waals surface area contributed by atoms with E-state index < -0.39 is 6.29 Å². The summed E-state index contributed by atoms with van der Waals surface area (Å²) in [5.74, 6) is 1.32. The zero-order valence-corrected chi connectivity index (χ0v) is 16.3. The van der Waals surface area contributed by atoms with Gasteiger partial charge in [-0.2, -0.15) is 5.10 Å². The van der Waals surface area contributed by atoms with Gasteiger partial charge in [-0.15, -0.1) is 0 Å². The van der Waals surface area contributed by atoms with Crippen LogP contribution in [0.2, 0.25) is 0 Å². The Hall–Kier alpha value is -2.81. The number of para-hydroxylation sites is 2. The summed E-state index contributed by atoms with van der Waals surface area (Å²) in [6.45, 7) is 0.595. The van der Waals surface area contributed by atoms with Crippen molar-refractivity contribution in [1.82, 2.24) is 14.3 Å². The molecule has 0 saturated carbocycles. The first kappa shape index (κ1) is 18.2. The molecule has 0 spiro atoms. The molecule has 0 N–H and O–H groups in total. The molecule has 2 saturated heterocycles. The fourth-order valence-electron chi connectivity index (χ4n) is 3.70. The molecule has 0 aliphatic carbocycles. The normalized spacial score (nSPS) is 23.3. The Morgan fingerprint density at radius 1 is 1.10 bits per heavy atom. The Morgan fingerprint density at radius 3 is 2.59 bits per heavy atom. The van der Waals surface area contributed by atoms with Gasteiger partial charge in [0, 0.05) is 12.1 Å². The van der Waals surface area contributed by atoms with Gasteiger partial charge in [0.25, 0.3) is 0 Å². The first-order chi connectivity index (χ1) is 14.2. The number of hydrogen-bond donors (Lipinski definition) is 0. The van der Waals surface area contributed by atoms with E-state index in [0.29, 0.717) is 17.2 Å². The molecule has 0 radical (unpaired) electrons. The average molecular weight is 409 g/mol. The Balaban J connectivity index is 1.53. The van der Waals surface area contributed by atoms with Crippen LogP contribution in [0.3, 0.4) is 0 Å². The first-order valence-corrected chi connectivity index (χ1v) is 9.85. The van der Waals surface area contributed by atoms with Crippen molar-refractivity contribution in [3.8, 4) is 11.4 Å². The van der Waals surface area contributed by atoms with E-state index in [2.05, 4.69) is 0 Å². The summed E-state index contributed by atoms with van der Waals surface area (Å²) in [5.41, 5.74) is 0.888. The minimum Gasteiger partial charge on any atom is -0.486 e. The number of Topliss-reactive ketones (excluding diaryl/α,β-unsaturated/α-hetero) is 1. The third kappa shape index (κ3) is 3.39. The molecule has 2 aromatic carbocycles. The lowest BCUT2D eigenvalue weighted by molar-refractivity contribution is -0.156. The molecule has 3 aromatic rings. The van der Waals surface area contributed by atoms with Gasteiger partial charge in [-0.1, -0.05) is 36.4 Å². The molecule has 7 nitrogen and oxygen atoms in total. The summed E-state index contributed by atoms with van der Waals surface area (Å²) in [6.07, 6.45) is -0.706. The van der Waals surface area contributed by atoms with Crippen molar-refractivity contribution >= 4 is 18.0 Å². The monoisotopic (exact) mass is 409 g/mol. The third-order valence-corrected chi connectivity index (χ3v) is 5.49. The number of aromatic nitrogens is 3. The largest absolute Gasteiger partial charge is 0.486 e. The molecule has 5 rings (SSSR count). The van der Waals surface area contributed by atoms with Crippen molar-refractivity contribution in [2.45, 2.75) is 31.5 Å². The van der Waals surface area contributed by atoms with Crippen LogP contribution in [-0.2, 0) is 20.9 Å². The number of nitrogens with zero attached hydrogens (tertiary/aromatic N) is 3. The number of rotatable bonds is 5. The number of ether oxygens (including phenoxy) is 3. The Labute approximate surface area is 172 Å². The van der Waals surface area contributed by atoms with Gasteiger partial charge in [-0.3, -0.25) is 9.36 Å². The third-order valence-electron chi connectivity index (χ3n) is 5.12. The van der Waals surface area contributed by atoms with Gasteiger partial charge in [0.05, 0.1) is 12.6 Å². The van der Waals surface area contributed by atoms with E-state index in [1.807, 2.05) is 65.2 Å². The van der Waals surface area contributed by atoms with Crippen molar-refractivity contribution in [2.24, 2.45) is 0 Å². The molecular formula is C21H19N3O4S. The summed E-state index contributed by atoms with van der Waals surface area (Å²) in [4.78, 5) is 12.3. The van der Waals surface area contributed by atoms with Gasteiger partial charge in [0.2, 0.25) is 11.1 Å². The van der Waals surface area contributed by atoms with E-state index in [0.717, 1.165) is 11.4 Å². The SMILES string of the molecule is O=C1C[C@H](n2nc(COc3ccccc3)n(-c3ccccc3)c2=S)[C@H]2CO[C@H]1O2. The van der Waals surface area contributed by atoms with Crippen LogP contribution in [0.1, 0.15) is 18.3 Å². The van der Waals surface area contributed by atoms with Crippen molar-refractivity contribution in [3.05, 3.63) is 71.3 Å². The molecule has 3 heterocycles. The van der Waals surface area contributed by atoms with E-state index in [1.165, 1.54) is 0 Å². The van der Waals surface area contributed by atoms with E-state index in [4.69, 9.17) is 31.5 Å². The van der Waals surface area contributed by atoms with Crippen LogP contribution in [0.25, 0.3) is 5.69 Å². The maximum Gasteiger partial charge on any atom is 0.218 e. The molecule has 0 amide bonds. The quantitative estimate of drug-likeness (QED) is 0.603. The molecular weight excluding hydrogens is 390 g/mol. The average Bonchev–Trinajstić information content (AvgIpc) is 3.33. The molecule has 0 unspecified atom stereocenters. The highest BCUT2D eigenvalue weighted by atomic mass is 32.1. The second kappa shape index (κ2) is 7.55. The highest BCUT2D eigenvalue weighted by Crippen LogP contribution is 2.33. The zero-order chi connectivity index (χ0) is 19.8. The van der Waals surface area contributed by atoms with Gasteiger partial charge in [-0.05, 0) is 36.5 Å². The number of carbonyl (C=O) groups is 1. The molecule has 8 heteroatoms. The topological polar surface area (TPSA) is 67.5 Å². The highest BCUT2D eigenvalue weighted by molar-refractivity contribution is 7.71. The fourth-order valence-corrected chi connectivity index (χ4v) is 4.09. The summed E-state index contributed by atoms with van der Waals surface area (Å²) in [6, 6.07) is 19.0. The number of ketones is 1. The summed E-state index contributed by atoms with van der Waals surface area (Å²) >= 11 is 5.76. The number of hydrogen-bond acceptors (Lipinski definition) is 6. The minimum atomic E-state index is -0.748. The molecule has 2 bridgehead atoms. The van der Waals surface area contributed by atoms with Gasteiger partial charge in [0.15, 0.2) is 11.6 Å². The van der Waals surface area contributed by atoms with Gasteiger partial charge < -0.3 is 14.2 Å². The van der Waals surface area contributed by atoms with E-state index in [1.54, 1.807) is 4.68 Å². The van der Waals surface area contributed by atoms with E-state index in [9.17, 15) is 4.79 Å². The smallest absolute Gasteiger partial charge is 0.218 e. The van der Waals surface area contributed by atoms with Crippen LogP contribution in [0.4, 0.5) is 0 Å². The van der Waals surface area contributed by atoms with Gasteiger partial charge in [-0.25, -0.2) is 4.68 Å². The van der Waals surface area contributed by atoms with Crippen molar-refractivity contribution in [1.29, 1.82) is 0 Å². The molecule has 2 aliphatic rings.